The van der Waals surface area contributed by atoms with Gasteiger partial charge in [0.1, 0.15) is 17.3 Å². The Labute approximate surface area is 216 Å². The minimum atomic E-state index is -0.706. The molecular formula is C24H26N6O4S2. The van der Waals surface area contributed by atoms with Crippen LogP contribution in [0.25, 0.3) is 0 Å². The van der Waals surface area contributed by atoms with Crippen LogP contribution < -0.4 is 25.8 Å². The number of thioether (sulfide) groups is 1. The van der Waals surface area contributed by atoms with Gasteiger partial charge in [0.25, 0.3) is 0 Å². The molecule has 1 aromatic carbocycles. The molecule has 4 rings (SSSR count). The molecule has 2 aromatic rings. The van der Waals surface area contributed by atoms with E-state index in [4.69, 9.17) is 20.9 Å². The molecule has 2 heterocycles. The maximum atomic E-state index is 13.7. The van der Waals surface area contributed by atoms with E-state index in [1.165, 1.54) is 30.2 Å². The summed E-state index contributed by atoms with van der Waals surface area (Å²) in [5, 5.41) is 19.1. The van der Waals surface area contributed by atoms with Gasteiger partial charge in [-0.15, -0.1) is 10.2 Å². The van der Waals surface area contributed by atoms with E-state index in [1.807, 2.05) is 13.8 Å². The maximum Gasteiger partial charge on any atom is 0.227 e. The quantitative estimate of drug-likeness (QED) is 0.514. The van der Waals surface area contributed by atoms with Crippen LogP contribution in [0.3, 0.4) is 0 Å². The van der Waals surface area contributed by atoms with E-state index in [0.29, 0.717) is 50.6 Å². The number of benzene rings is 1. The SMILES string of the molecule is COc1ccc(C2C(C#N)=C(N)N(c3nnc(SCC(N)=O)s3)C3=C2C(=O)CC(C)(C)C3)c(OC)c1. The largest absolute Gasteiger partial charge is 0.497 e. The minimum Gasteiger partial charge on any atom is -0.497 e. The number of rotatable bonds is 7. The summed E-state index contributed by atoms with van der Waals surface area (Å²) in [7, 11) is 3.08. The molecule has 0 bridgehead atoms. The number of carbonyl (C=O) groups excluding carboxylic acids is 2. The summed E-state index contributed by atoms with van der Waals surface area (Å²) in [4.78, 5) is 26.5. The molecule has 0 spiro atoms. The molecule has 188 valence electrons. The number of amides is 1. The van der Waals surface area contributed by atoms with E-state index in [-0.39, 0.29) is 28.3 Å². The van der Waals surface area contributed by atoms with Gasteiger partial charge in [-0.05, 0) is 17.9 Å². The van der Waals surface area contributed by atoms with Crippen LogP contribution in [0.15, 0.2) is 45.2 Å². The van der Waals surface area contributed by atoms with Gasteiger partial charge in [0.15, 0.2) is 10.1 Å². The number of methoxy groups -OCH3 is 2. The zero-order valence-corrected chi connectivity index (χ0v) is 22.0. The number of hydrogen-bond acceptors (Lipinski definition) is 11. The van der Waals surface area contributed by atoms with Crippen molar-refractivity contribution < 1.29 is 19.1 Å². The Morgan fingerprint density at radius 1 is 1.31 bits per heavy atom. The average molecular weight is 527 g/mol. The monoisotopic (exact) mass is 526 g/mol. The van der Waals surface area contributed by atoms with Gasteiger partial charge in [0.2, 0.25) is 11.0 Å². The Morgan fingerprint density at radius 2 is 2.06 bits per heavy atom. The van der Waals surface area contributed by atoms with Gasteiger partial charge in [-0.3, -0.25) is 14.5 Å². The molecule has 1 aliphatic carbocycles. The fourth-order valence-electron chi connectivity index (χ4n) is 4.58. The van der Waals surface area contributed by atoms with E-state index < -0.39 is 11.8 Å². The molecule has 0 radical (unpaired) electrons. The summed E-state index contributed by atoms with van der Waals surface area (Å²) in [6, 6.07) is 7.51. The lowest BCUT2D eigenvalue weighted by molar-refractivity contribution is -0.118. The summed E-state index contributed by atoms with van der Waals surface area (Å²) < 4.78 is 11.5. The number of Topliss-reactive ketones (excluding diaryl/α,β-unsaturated/α-hetero) is 1. The van der Waals surface area contributed by atoms with Crippen molar-refractivity contribution in [2.24, 2.45) is 16.9 Å². The zero-order valence-electron chi connectivity index (χ0n) is 20.3. The molecule has 4 N–H and O–H groups in total. The highest BCUT2D eigenvalue weighted by molar-refractivity contribution is 8.01. The number of ether oxygens (including phenoxy) is 2. The predicted molar refractivity (Wildman–Crippen MR) is 136 cm³/mol. The van der Waals surface area contributed by atoms with Crippen LogP contribution in [-0.2, 0) is 9.59 Å². The third-order valence-corrected chi connectivity index (χ3v) is 8.12. The van der Waals surface area contributed by atoms with Crippen LogP contribution in [0.1, 0.15) is 38.2 Å². The van der Waals surface area contributed by atoms with Crippen LogP contribution in [0.4, 0.5) is 5.13 Å². The molecule has 10 nitrogen and oxygen atoms in total. The highest BCUT2D eigenvalue weighted by atomic mass is 32.2. The van der Waals surface area contributed by atoms with Crippen LogP contribution in [-0.4, -0.2) is 41.9 Å². The molecule has 0 fully saturated rings. The molecule has 1 aliphatic heterocycles. The summed E-state index contributed by atoms with van der Waals surface area (Å²) in [5.41, 5.74) is 13.6. The van der Waals surface area contributed by atoms with Gasteiger partial charge in [0, 0.05) is 29.3 Å². The number of carbonyl (C=O) groups is 2. The fourth-order valence-corrected chi connectivity index (χ4v) is 6.20. The van der Waals surface area contributed by atoms with Crippen molar-refractivity contribution in [2.45, 2.75) is 36.9 Å². The van der Waals surface area contributed by atoms with E-state index in [9.17, 15) is 14.9 Å². The van der Waals surface area contributed by atoms with Crippen molar-refractivity contribution in [3.05, 3.63) is 46.4 Å². The summed E-state index contributed by atoms with van der Waals surface area (Å²) in [6.45, 7) is 4.04. The molecule has 1 amide bonds. The van der Waals surface area contributed by atoms with Gasteiger partial charge < -0.3 is 20.9 Å². The van der Waals surface area contributed by atoms with Gasteiger partial charge >= 0.3 is 0 Å². The first kappa shape index (κ1) is 25.5. The Hall–Kier alpha value is -3.56. The summed E-state index contributed by atoms with van der Waals surface area (Å²) in [5.74, 6) is 0.0588. The highest BCUT2D eigenvalue weighted by Crippen LogP contribution is 2.52. The van der Waals surface area contributed by atoms with Gasteiger partial charge in [-0.1, -0.05) is 43.0 Å². The minimum absolute atomic E-state index is 0.0577. The predicted octanol–water partition coefficient (Wildman–Crippen LogP) is 3.07. The van der Waals surface area contributed by atoms with Crippen molar-refractivity contribution in [1.82, 2.24) is 10.2 Å². The number of nitrogens with zero attached hydrogens (tertiary/aromatic N) is 4. The van der Waals surface area contributed by atoms with Gasteiger partial charge in [-0.2, -0.15) is 5.26 Å². The van der Waals surface area contributed by atoms with Crippen molar-refractivity contribution >= 4 is 39.9 Å². The lowest BCUT2D eigenvalue weighted by Crippen LogP contribution is -2.42. The Balaban J connectivity index is 1.92. The maximum absolute atomic E-state index is 13.7. The smallest absolute Gasteiger partial charge is 0.227 e. The second-order valence-corrected chi connectivity index (χ2v) is 11.4. The Morgan fingerprint density at radius 3 is 2.69 bits per heavy atom. The molecule has 0 saturated heterocycles. The number of nitrogens with two attached hydrogens (primary N) is 2. The molecule has 12 heteroatoms. The second kappa shape index (κ2) is 9.83. The molecular weight excluding hydrogens is 500 g/mol. The molecule has 2 aliphatic rings. The topological polar surface area (TPSA) is 157 Å². The van der Waals surface area contributed by atoms with Crippen LogP contribution in [0.2, 0.25) is 0 Å². The van der Waals surface area contributed by atoms with E-state index in [1.54, 1.807) is 30.2 Å². The lowest BCUT2D eigenvalue weighted by Gasteiger charge is -2.42. The van der Waals surface area contributed by atoms with Gasteiger partial charge in [-0.25, -0.2) is 0 Å². The number of allylic oxidation sites excluding steroid dienone is 3. The van der Waals surface area contributed by atoms with E-state index in [2.05, 4.69) is 16.3 Å². The first-order valence-electron chi connectivity index (χ1n) is 11.0. The number of nitriles is 1. The van der Waals surface area contributed by atoms with Crippen LogP contribution >= 0.6 is 23.1 Å². The number of ketones is 1. The fraction of sp³-hybridized carbons (Fsp3) is 0.375. The highest BCUT2D eigenvalue weighted by Gasteiger charge is 2.46. The van der Waals surface area contributed by atoms with Crippen molar-refractivity contribution in [1.29, 1.82) is 5.26 Å². The number of primary amides is 1. The van der Waals surface area contributed by atoms with Gasteiger partial charge in [0.05, 0.1) is 37.5 Å². The van der Waals surface area contributed by atoms with Crippen molar-refractivity contribution in [2.75, 3.05) is 24.9 Å². The zero-order chi connectivity index (χ0) is 26.2. The first-order valence-corrected chi connectivity index (χ1v) is 12.8. The second-order valence-electron chi connectivity index (χ2n) is 9.19. The van der Waals surface area contributed by atoms with Crippen LogP contribution in [0, 0.1) is 16.7 Å². The molecule has 36 heavy (non-hydrogen) atoms. The van der Waals surface area contributed by atoms with E-state index >= 15 is 0 Å². The van der Waals surface area contributed by atoms with E-state index in [0.717, 1.165) is 0 Å². The van der Waals surface area contributed by atoms with Crippen molar-refractivity contribution in [3.63, 3.8) is 0 Å². The summed E-state index contributed by atoms with van der Waals surface area (Å²) >= 11 is 2.38. The number of hydrogen-bond donors (Lipinski definition) is 2. The molecule has 1 aromatic heterocycles. The standard InChI is InChI=1S/C24H26N6O4S2/c1-24(2)8-15-20(16(31)9-24)19(13-6-5-12(33-3)7-17(13)34-4)14(10-25)21(27)30(15)22-28-29-23(36-22)35-11-18(26)32/h5-7,19H,8-9,11,27H2,1-4H3,(H2,26,32). The third kappa shape index (κ3) is 4.64. The van der Waals surface area contributed by atoms with Crippen LogP contribution in [0.5, 0.6) is 11.5 Å². The Kier molecular flexibility index (Phi) is 6.97. The molecule has 0 saturated carbocycles. The number of anilines is 1. The third-order valence-electron chi connectivity index (χ3n) is 6.06. The molecule has 1 atom stereocenters. The lowest BCUT2D eigenvalue weighted by atomic mass is 9.68. The summed E-state index contributed by atoms with van der Waals surface area (Å²) in [6.07, 6.45) is 0.856. The first-order chi connectivity index (χ1) is 17.1. The molecule has 1 unspecified atom stereocenters. The Bertz CT molecular complexity index is 1340. The van der Waals surface area contributed by atoms with Crippen molar-refractivity contribution in [3.8, 4) is 17.6 Å². The number of aromatic nitrogens is 2. The normalized spacial score (nSPS) is 19.1. The average Bonchev–Trinajstić information content (AvgIpc) is 3.29.